The number of hydrogen-bond donors (Lipinski definition) is 1. The van der Waals surface area contributed by atoms with Crippen molar-refractivity contribution in [1.29, 1.82) is 0 Å². The topological polar surface area (TPSA) is 44.8 Å². The molecule has 1 aliphatic rings. The Morgan fingerprint density at radius 3 is 2.42 bits per heavy atom. The zero-order valence-corrected chi connectivity index (χ0v) is 15.4. The largest absolute Gasteiger partial charge is 0.495 e. The molecule has 1 heterocycles. The van der Waals surface area contributed by atoms with Crippen molar-refractivity contribution in [3.8, 4) is 5.75 Å². The molecule has 1 fully saturated rings. The zero-order valence-electron chi connectivity index (χ0n) is 15.4. The van der Waals surface area contributed by atoms with Crippen LogP contribution in [0.3, 0.4) is 0 Å². The molecule has 2 aromatic rings. The molecule has 0 aliphatic carbocycles. The highest BCUT2D eigenvalue weighted by molar-refractivity contribution is 5.74. The van der Waals surface area contributed by atoms with E-state index < -0.39 is 0 Å². The number of hydrogen-bond acceptors (Lipinski definition) is 3. The van der Waals surface area contributed by atoms with Gasteiger partial charge in [0.15, 0.2) is 0 Å². The van der Waals surface area contributed by atoms with Crippen LogP contribution in [0.5, 0.6) is 5.75 Å². The van der Waals surface area contributed by atoms with Gasteiger partial charge in [-0.25, -0.2) is 4.79 Å². The molecule has 138 valence electrons. The van der Waals surface area contributed by atoms with E-state index >= 15 is 0 Å². The molecule has 26 heavy (non-hydrogen) atoms. The first-order valence-corrected chi connectivity index (χ1v) is 9.22. The number of urea groups is 1. The van der Waals surface area contributed by atoms with Crippen molar-refractivity contribution in [1.82, 2.24) is 10.2 Å². The molecular formula is C21H27N3O2. The van der Waals surface area contributed by atoms with E-state index in [1.54, 1.807) is 7.11 Å². The van der Waals surface area contributed by atoms with Gasteiger partial charge in [0.05, 0.1) is 12.8 Å². The SMILES string of the molecule is COc1ccccc1N1CCN(C(=O)NCCCc2ccccc2)CC1. The number of amides is 2. The molecule has 0 saturated carbocycles. The summed E-state index contributed by atoms with van der Waals surface area (Å²) in [6.07, 6.45) is 1.94. The Labute approximate surface area is 155 Å². The summed E-state index contributed by atoms with van der Waals surface area (Å²) in [4.78, 5) is 16.5. The van der Waals surface area contributed by atoms with Crippen molar-refractivity contribution < 1.29 is 9.53 Å². The van der Waals surface area contributed by atoms with Crippen molar-refractivity contribution >= 4 is 11.7 Å². The fourth-order valence-electron chi connectivity index (χ4n) is 3.29. The third-order valence-electron chi connectivity index (χ3n) is 4.75. The lowest BCUT2D eigenvalue weighted by Crippen LogP contribution is -2.52. The Morgan fingerprint density at radius 1 is 1.00 bits per heavy atom. The van der Waals surface area contributed by atoms with Gasteiger partial charge in [-0.2, -0.15) is 0 Å². The van der Waals surface area contributed by atoms with Crippen LogP contribution in [-0.2, 0) is 6.42 Å². The molecule has 2 amide bonds. The monoisotopic (exact) mass is 353 g/mol. The van der Waals surface area contributed by atoms with Crippen LogP contribution < -0.4 is 15.0 Å². The number of ether oxygens (including phenoxy) is 1. The smallest absolute Gasteiger partial charge is 0.317 e. The minimum atomic E-state index is 0.0396. The lowest BCUT2D eigenvalue weighted by atomic mass is 10.1. The molecule has 5 heteroatoms. The van der Waals surface area contributed by atoms with Crippen LogP contribution >= 0.6 is 0 Å². The molecular weight excluding hydrogens is 326 g/mol. The van der Waals surface area contributed by atoms with Crippen molar-refractivity contribution in [2.45, 2.75) is 12.8 Å². The number of anilines is 1. The summed E-state index contributed by atoms with van der Waals surface area (Å²) in [6.45, 7) is 3.79. The molecule has 0 spiro atoms. The molecule has 0 unspecified atom stereocenters. The average molecular weight is 353 g/mol. The number of piperazine rings is 1. The Morgan fingerprint density at radius 2 is 1.69 bits per heavy atom. The molecule has 0 aromatic heterocycles. The van der Waals surface area contributed by atoms with Crippen LogP contribution in [0.4, 0.5) is 10.5 Å². The minimum Gasteiger partial charge on any atom is -0.495 e. The number of carbonyl (C=O) groups excluding carboxylic acids is 1. The summed E-state index contributed by atoms with van der Waals surface area (Å²) in [6, 6.07) is 18.4. The zero-order chi connectivity index (χ0) is 18.2. The van der Waals surface area contributed by atoms with Crippen LogP contribution in [0.2, 0.25) is 0 Å². The predicted molar refractivity (Wildman–Crippen MR) is 105 cm³/mol. The van der Waals surface area contributed by atoms with E-state index in [1.807, 2.05) is 29.2 Å². The maximum atomic E-state index is 12.3. The molecule has 3 rings (SSSR count). The Kier molecular flexibility index (Phi) is 6.36. The molecule has 0 bridgehead atoms. The van der Waals surface area contributed by atoms with Crippen LogP contribution in [0.25, 0.3) is 0 Å². The quantitative estimate of drug-likeness (QED) is 0.812. The first-order chi connectivity index (χ1) is 12.8. The first kappa shape index (κ1) is 18.1. The van der Waals surface area contributed by atoms with E-state index in [4.69, 9.17) is 4.74 Å². The van der Waals surface area contributed by atoms with Gasteiger partial charge in [-0.05, 0) is 30.5 Å². The predicted octanol–water partition coefficient (Wildman–Crippen LogP) is 3.16. The molecule has 0 radical (unpaired) electrons. The van der Waals surface area contributed by atoms with Gasteiger partial charge in [0.1, 0.15) is 5.75 Å². The van der Waals surface area contributed by atoms with Gasteiger partial charge < -0.3 is 19.9 Å². The van der Waals surface area contributed by atoms with E-state index in [2.05, 4.69) is 40.5 Å². The first-order valence-electron chi connectivity index (χ1n) is 9.22. The van der Waals surface area contributed by atoms with Crippen LogP contribution in [-0.4, -0.2) is 50.8 Å². The van der Waals surface area contributed by atoms with Crippen molar-refractivity contribution in [2.75, 3.05) is 44.7 Å². The summed E-state index contributed by atoms with van der Waals surface area (Å²) < 4.78 is 5.44. The van der Waals surface area contributed by atoms with Gasteiger partial charge in [0.25, 0.3) is 0 Å². The van der Waals surface area contributed by atoms with E-state index in [0.717, 1.165) is 50.5 Å². The normalized spacial score (nSPS) is 14.2. The lowest BCUT2D eigenvalue weighted by molar-refractivity contribution is 0.194. The summed E-state index contributed by atoms with van der Waals surface area (Å²) in [7, 11) is 1.69. The second kappa shape index (κ2) is 9.13. The fraction of sp³-hybridized carbons (Fsp3) is 0.381. The Hall–Kier alpha value is -2.69. The third kappa shape index (κ3) is 4.69. The fourth-order valence-corrected chi connectivity index (χ4v) is 3.29. The van der Waals surface area contributed by atoms with Crippen LogP contribution in [0, 0.1) is 0 Å². The van der Waals surface area contributed by atoms with Crippen molar-refractivity contribution in [3.05, 3.63) is 60.2 Å². The molecule has 1 aliphatic heterocycles. The van der Waals surface area contributed by atoms with Crippen molar-refractivity contribution in [2.24, 2.45) is 0 Å². The molecule has 2 aromatic carbocycles. The highest BCUT2D eigenvalue weighted by Gasteiger charge is 2.22. The summed E-state index contributed by atoms with van der Waals surface area (Å²) in [5, 5.41) is 3.04. The number of nitrogens with one attached hydrogen (secondary N) is 1. The maximum absolute atomic E-state index is 12.3. The molecule has 1 N–H and O–H groups in total. The second-order valence-corrected chi connectivity index (χ2v) is 6.47. The number of benzene rings is 2. The van der Waals surface area contributed by atoms with E-state index in [1.165, 1.54) is 5.56 Å². The minimum absolute atomic E-state index is 0.0396. The molecule has 0 atom stereocenters. The average Bonchev–Trinajstić information content (AvgIpc) is 2.72. The molecule has 1 saturated heterocycles. The highest BCUT2D eigenvalue weighted by Crippen LogP contribution is 2.28. The van der Waals surface area contributed by atoms with E-state index in [9.17, 15) is 4.79 Å². The van der Waals surface area contributed by atoms with Crippen LogP contribution in [0.15, 0.2) is 54.6 Å². The maximum Gasteiger partial charge on any atom is 0.317 e. The van der Waals surface area contributed by atoms with Crippen LogP contribution in [0.1, 0.15) is 12.0 Å². The Balaban J connectivity index is 1.41. The number of para-hydroxylation sites is 2. The Bertz CT molecular complexity index is 697. The lowest BCUT2D eigenvalue weighted by Gasteiger charge is -2.36. The number of methoxy groups -OCH3 is 1. The number of nitrogens with zero attached hydrogens (tertiary/aromatic N) is 2. The highest BCUT2D eigenvalue weighted by atomic mass is 16.5. The van der Waals surface area contributed by atoms with Gasteiger partial charge in [-0.3, -0.25) is 0 Å². The third-order valence-corrected chi connectivity index (χ3v) is 4.75. The van der Waals surface area contributed by atoms with Gasteiger partial charge in [-0.1, -0.05) is 42.5 Å². The second-order valence-electron chi connectivity index (χ2n) is 6.47. The summed E-state index contributed by atoms with van der Waals surface area (Å²) in [5.74, 6) is 0.881. The van der Waals surface area contributed by atoms with E-state index in [0.29, 0.717) is 6.54 Å². The summed E-state index contributed by atoms with van der Waals surface area (Å²) in [5.41, 5.74) is 2.41. The van der Waals surface area contributed by atoms with Gasteiger partial charge in [-0.15, -0.1) is 0 Å². The molecule has 5 nitrogen and oxygen atoms in total. The van der Waals surface area contributed by atoms with Gasteiger partial charge in [0.2, 0.25) is 0 Å². The van der Waals surface area contributed by atoms with Gasteiger partial charge in [0, 0.05) is 32.7 Å². The standard InChI is InChI=1S/C21H27N3O2/c1-26-20-12-6-5-11-19(20)23-14-16-24(17-15-23)21(25)22-13-7-10-18-8-3-2-4-9-18/h2-6,8-9,11-12H,7,10,13-17H2,1H3,(H,22,25). The number of aryl methyl sites for hydroxylation is 1. The van der Waals surface area contributed by atoms with Crippen molar-refractivity contribution in [3.63, 3.8) is 0 Å². The van der Waals surface area contributed by atoms with E-state index in [-0.39, 0.29) is 6.03 Å². The number of rotatable bonds is 6. The number of carbonyl (C=O) groups is 1. The summed E-state index contributed by atoms with van der Waals surface area (Å²) >= 11 is 0. The van der Waals surface area contributed by atoms with Gasteiger partial charge >= 0.3 is 6.03 Å².